The van der Waals surface area contributed by atoms with Crippen molar-refractivity contribution in [3.8, 4) is 11.3 Å². The first-order valence-electron chi connectivity index (χ1n) is 9.80. The van der Waals surface area contributed by atoms with E-state index in [0.717, 1.165) is 41.4 Å². The first-order chi connectivity index (χ1) is 14.1. The zero-order valence-electron chi connectivity index (χ0n) is 16.6. The molecule has 148 valence electrons. The van der Waals surface area contributed by atoms with E-state index in [-0.39, 0.29) is 12.5 Å². The van der Waals surface area contributed by atoms with Crippen LogP contribution in [0.3, 0.4) is 0 Å². The lowest BCUT2D eigenvalue weighted by atomic mass is 10.1. The van der Waals surface area contributed by atoms with Crippen molar-refractivity contribution < 1.29 is 4.79 Å². The Bertz CT molecular complexity index is 1020. The van der Waals surface area contributed by atoms with Crippen molar-refractivity contribution in [3.63, 3.8) is 0 Å². The van der Waals surface area contributed by atoms with E-state index in [1.807, 2.05) is 72.1 Å². The fourth-order valence-corrected chi connectivity index (χ4v) is 4.54. The van der Waals surface area contributed by atoms with Gasteiger partial charge >= 0.3 is 0 Å². The standard InChI is InChI=1S/C23H24N4OS/c1-16-11-13-27(21-8-3-4-9-22(21)29-16)23(28)15-25-19-7-5-6-18(14-19)20-10-12-24-17(2)26-20/h3-10,12,14,16,25H,11,13,15H2,1-2H3. The molecule has 0 bridgehead atoms. The molecular formula is C23H24N4OS. The van der Waals surface area contributed by atoms with Crippen molar-refractivity contribution in [3.05, 3.63) is 66.6 Å². The van der Waals surface area contributed by atoms with E-state index in [1.165, 1.54) is 4.90 Å². The number of carbonyl (C=O) groups is 1. The van der Waals surface area contributed by atoms with Gasteiger partial charge in [-0.1, -0.05) is 31.2 Å². The molecule has 0 aliphatic carbocycles. The van der Waals surface area contributed by atoms with E-state index in [9.17, 15) is 4.79 Å². The predicted molar refractivity (Wildman–Crippen MR) is 119 cm³/mol. The minimum atomic E-state index is 0.0791. The molecule has 2 aromatic carbocycles. The molecule has 0 spiro atoms. The highest BCUT2D eigenvalue weighted by atomic mass is 32.2. The number of aromatic nitrogens is 2. The summed E-state index contributed by atoms with van der Waals surface area (Å²) in [7, 11) is 0. The average Bonchev–Trinajstić information content (AvgIpc) is 2.90. The minimum absolute atomic E-state index is 0.0791. The summed E-state index contributed by atoms with van der Waals surface area (Å²) in [6, 6.07) is 18.0. The fourth-order valence-electron chi connectivity index (χ4n) is 3.42. The van der Waals surface area contributed by atoms with Crippen LogP contribution in [0, 0.1) is 6.92 Å². The first-order valence-corrected chi connectivity index (χ1v) is 10.7. The minimum Gasteiger partial charge on any atom is -0.376 e. The Morgan fingerprint density at radius 1 is 1.21 bits per heavy atom. The lowest BCUT2D eigenvalue weighted by molar-refractivity contribution is -0.117. The maximum atomic E-state index is 13.0. The molecular weight excluding hydrogens is 380 g/mol. The summed E-state index contributed by atoms with van der Waals surface area (Å²) >= 11 is 1.84. The number of hydrogen-bond donors (Lipinski definition) is 1. The van der Waals surface area contributed by atoms with Gasteiger partial charge < -0.3 is 10.2 Å². The third kappa shape index (κ3) is 4.59. The molecule has 29 heavy (non-hydrogen) atoms. The van der Waals surface area contributed by atoms with E-state index in [4.69, 9.17) is 0 Å². The van der Waals surface area contributed by atoms with Crippen LogP contribution in [-0.2, 0) is 4.79 Å². The molecule has 1 aliphatic rings. The number of aryl methyl sites for hydroxylation is 1. The molecule has 0 saturated heterocycles. The normalized spacial score (nSPS) is 16.1. The lowest BCUT2D eigenvalue weighted by Gasteiger charge is -2.23. The third-order valence-electron chi connectivity index (χ3n) is 4.92. The van der Waals surface area contributed by atoms with Crippen LogP contribution in [-0.4, -0.2) is 34.2 Å². The highest BCUT2D eigenvalue weighted by Crippen LogP contribution is 2.37. The number of rotatable bonds is 4. The summed E-state index contributed by atoms with van der Waals surface area (Å²) in [5.74, 6) is 0.818. The van der Waals surface area contributed by atoms with E-state index in [1.54, 1.807) is 6.20 Å². The second-order valence-corrected chi connectivity index (χ2v) is 8.63. The van der Waals surface area contributed by atoms with Crippen LogP contribution in [0.4, 0.5) is 11.4 Å². The van der Waals surface area contributed by atoms with Crippen molar-refractivity contribution in [2.75, 3.05) is 23.3 Å². The van der Waals surface area contributed by atoms with Gasteiger partial charge in [0.15, 0.2) is 0 Å². The Kier molecular flexibility index (Phi) is 5.81. The number of fused-ring (bicyclic) bond motifs is 1. The third-order valence-corrected chi connectivity index (χ3v) is 6.16. The quantitative estimate of drug-likeness (QED) is 0.678. The van der Waals surface area contributed by atoms with E-state index < -0.39 is 0 Å². The molecule has 3 aromatic rings. The average molecular weight is 405 g/mol. The van der Waals surface area contributed by atoms with Crippen LogP contribution in [0.2, 0.25) is 0 Å². The number of hydrogen-bond acceptors (Lipinski definition) is 5. The van der Waals surface area contributed by atoms with Crippen molar-refractivity contribution >= 4 is 29.0 Å². The Hall–Kier alpha value is -2.86. The van der Waals surface area contributed by atoms with Crippen molar-refractivity contribution in [1.29, 1.82) is 0 Å². The second kappa shape index (κ2) is 8.66. The summed E-state index contributed by atoms with van der Waals surface area (Å²) < 4.78 is 0. The number of nitrogens with one attached hydrogen (secondary N) is 1. The van der Waals surface area contributed by atoms with Gasteiger partial charge in [0.2, 0.25) is 5.91 Å². The van der Waals surface area contributed by atoms with Gasteiger partial charge in [-0.05, 0) is 43.7 Å². The van der Waals surface area contributed by atoms with Gasteiger partial charge in [-0.2, -0.15) is 0 Å². The molecule has 6 heteroatoms. The number of carbonyl (C=O) groups excluding carboxylic acids is 1. The highest BCUT2D eigenvalue weighted by Gasteiger charge is 2.23. The van der Waals surface area contributed by atoms with Crippen LogP contribution in [0.1, 0.15) is 19.2 Å². The van der Waals surface area contributed by atoms with Crippen molar-refractivity contribution in [2.45, 2.75) is 30.4 Å². The van der Waals surface area contributed by atoms with E-state index in [2.05, 4.69) is 28.3 Å². The van der Waals surface area contributed by atoms with Gasteiger partial charge in [0.05, 0.1) is 17.9 Å². The summed E-state index contributed by atoms with van der Waals surface area (Å²) in [5, 5.41) is 3.78. The van der Waals surface area contributed by atoms with Gasteiger partial charge in [0.1, 0.15) is 5.82 Å². The highest BCUT2D eigenvalue weighted by molar-refractivity contribution is 8.00. The number of anilines is 2. The maximum Gasteiger partial charge on any atom is 0.246 e. The molecule has 1 amide bonds. The van der Waals surface area contributed by atoms with Gasteiger partial charge in [0.25, 0.3) is 0 Å². The van der Waals surface area contributed by atoms with Crippen LogP contribution in [0.25, 0.3) is 11.3 Å². The SMILES string of the molecule is Cc1nccc(-c2cccc(NCC(=O)N3CCC(C)Sc4ccccc43)c2)n1. The molecule has 1 N–H and O–H groups in total. The van der Waals surface area contributed by atoms with Crippen molar-refractivity contribution in [1.82, 2.24) is 9.97 Å². The number of nitrogens with zero attached hydrogens (tertiary/aromatic N) is 3. The van der Waals surface area contributed by atoms with Gasteiger partial charge in [-0.15, -0.1) is 11.8 Å². The van der Waals surface area contributed by atoms with Crippen LogP contribution in [0.5, 0.6) is 0 Å². The first kappa shape index (κ1) is 19.5. The van der Waals surface area contributed by atoms with Crippen molar-refractivity contribution in [2.24, 2.45) is 0 Å². The summed E-state index contributed by atoms with van der Waals surface area (Å²) in [6.07, 6.45) is 2.74. The zero-order valence-corrected chi connectivity index (χ0v) is 17.4. The fraction of sp³-hybridized carbons (Fsp3) is 0.261. The Labute approximate surface area is 175 Å². The number of amides is 1. The summed E-state index contributed by atoms with van der Waals surface area (Å²) in [4.78, 5) is 24.7. The molecule has 1 aliphatic heterocycles. The Balaban J connectivity index is 1.48. The molecule has 1 aromatic heterocycles. The van der Waals surface area contributed by atoms with Gasteiger partial charge in [-0.3, -0.25) is 4.79 Å². The topological polar surface area (TPSA) is 58.1 Å². The molecule has 5 nitrogen and oxygen atoms in total. The molecule has 1 atom stereocenters. The maximum absolute atomic E-state index is 13.0. The van der Waals surface area contributed by atoms with Crippen LogP contribution >= 0.6 is 11.8 Å². The van der Waals surface area contributed by atoms with E-state index in [0.29, 0.717) is 5.25 Å². The van der Waals surface area contributed by atoms with Gasteiger partial charge in [-0.25, -0.2) is 9.97 Å². The van der Waals surface area contributed by atoms with Crippen LogP contribution in [0.15, 0.2) is 65.7 Å². The Morgan fingerprint density at radius 3 is 2.93 bits per heavy atom. The largest absolute Gasteiger partial charge is 0.376 e. The monoisotopic (exact) mass is 404 g/mol. The lowest BCUT2D eigenvalue weighted by Crippen LogP contribution is -2.36. The van der Waals surface area contributed by atoms with Gasteiger partial charge in [0, 0.05) is 34.1 Å². The molecule has 0 fully saturated rings. The number of thioether (sulfide) groups is 1. The molecule has 0 radical (unpaired) electrons. The molecule has 1 unspecified atom stereocenters. The molecule has 4 rings (SSSR count). The Morgan fingerprint density at radius 2 is 2.07 bits per heavy atom. The second-order valence-electron chi connectivity index (χ2n) is 7.15. The molecule has 0 saturated carbocycles. The predicted octanol–water partition coefficient (Wildman–Crippen LogP) is 4.78. The summed E-state index contributed by atoms with van der Waals surface area (Å²) in [6.45, 7) is 5.09. The zero-order chi connectivity index (χ0) is 20.2. The molecule has 2 heterocycles. The number of para-hydroxylation sites is 1. The van der Waals surface area contributed by atoms with E-state index >= 15 is 0 Å². The summed E-state index contributed by atoms with van der Waals surface area (Å²) in [5.41, 5.74) is 3.79. The smallest absolute Gasteiger partial charge is 0.246 e. The van der Waals surface area contributed by atoms with Crippen LogP contribution < -0.4 is 10.2 Å². The number of benzene rings is 2.